The molecule has 3 N–H and O–H groups in total. The van der Waals surface area contributed by atoms with Crippen LogP contribution in [0.15, 0.2) is 24.3 Å². The fraction of sp³-hybridized carbons (Fsp3) is 0.375. The molecule has 0 aliphatic heterocycles. The number of aromatic amines is 1. The fourth-order valence-corrected chi connectivity index (χ4v) is 2.25. The first kappa shape index (κ1) is 15.9. The van der Waals surface area contributed by atoms with E-state index < -0.39 is 17.7 Å². The number of carboxylic acids is 1. The second-order valence-corrected chi connectivity index (χ2v) is 6.01. The van der Waals surface area contributed by atoms with Gasteiger partial charge in [0.15, 0.2) is 0 Å². The highest BCUT2D eigenvalue weighted by Gasteiger charge is 2.18. The van der Waals surface area contributed by atoms with Crippen molar-refractivity contribution in [1.29, 1.82) is 0 Å². The average molecular weight is 304 g/mol. The molecule has 0 fully saturated rings. The predicted molar refractivity (Wildman–Crippen MR) is 83.2 cm³/mol. The lowest BCUT2D eigenvalue weighted by Gasteiger charge is -2.19. The van der Waals surface area contributed by atoms with E-state index in [0.717, 1.165) is 10.9 Å². The normalized spacial score (nSPS) is 11.4. The van der Waals surface area contributed by atoms with Crippen LogP contribution in [0.1, 0.15) is 36.8 Å². The Kier molecular flexibility index (Phi) is 4.40. The summed E-state index contributed by atoms with van der Waals surface area (Å²) in [6.45, 7) is 5.66. The van der Waals surface area contributed by atoms with Crippen molar-refractivity contribution in [3.63, 3.8) is 0 Å². The molecule has 0 bridgehead atoms. The van der Waals surface area contributed by atoms with E-state index in [1.54, 1.807) is 20.8 Å². The zero-order valence-corrected chi connectivity index (χ0v) is 12.9. The highest BCUT2D eigenvalue weighted by molar-refractivity contribution is 5.97. The first-order valence-electron chi connectivity index (χ1n) is 7.07. The first-order chi connectivity index (χ1) is 10.3. The lowest BCUT2D eigenvalue weighted by atomic mass is 10.1. The first-order valence-corrected chi connectivity index (χ1v) is 7.07. The third-order valence-electron chi connectivity index (χ3n) is 3.07. The van der Waals surface area contributed by atoms with Gasteiger partial charge in [0.1, 0.15) is 11.3 Å². The molecule has 2 rings (SSSR count). The number of carboxylic acid groups (broad SMARTS) is 1. The lowest BCUT2D eigenvalue weighted by Crippen LogP contribution is -2.33. The van der Waals surface area contributed by atoms with Crippen LogP contribution in [0, 0.1) is 0 Å². The highest BCUT2D eigenvalue weighted by atomic mass is 16.6. The smallest absolute Gasteiger partial charge is 0.407 e. The molecule has 0 aliphatic carbocycles. The molecule has 0 spiro atoms. The van der Waals surface area contributed by atoms with Crippen molar-refractivity contribution >= 4 is 23.0 Å². The van der Waals surface area contributed by atoms with Crippen molar-refractivity contribution in [3.05, 3.63) is 35.5 Å². The number of para-hydroxylation sites is 1. The molecule has 0 saturated heterocycles. The van der Waals surface area contributed by atoms with Gasteiger partial charge in [0.05, 0.1) is 0 Å². The summed E-state index contributed by atoms with van der Waals surface area (Å²) < 4.78 is 5.15. The molecule has 2 aromatic rings. The number of carbonyl (C=O) groups excluding carboxylic acids is 1. The zero-order chi connectivity index (χ0) is 16.3. The van der Waals surface area contributed by atoms with Crippen molar-refractivity contribution in [2.75, 3.05) is 6.54 Å². The molecule has 0 radical (unpaired) electrons. The summed E-state index contributed by atoms with van der Waals surface area (Å²) in [7, 11) is 0. The molecule has 0 aliphatic rings. The topological polar surface area (TPSA) is 91.4 Å². The maximum atomic E-state index is 11.6. The summed E-state index contributed by atoms with van der Waals surface area (Å²) >= 11 is 0. The number of ether oxygens (including phenoxy) is 1. The van der Waals surface area contributed by atoms with Gasteiger partial charge in [0, 0.05) is 17.4 Å². The average Bonchev–Trinajstić information content (AvgIpc) is 2.76. The Labute approximate surface area is 128 Å². The second-order valence-electron chi connectivity index (χ2n) is 6.01. The van der Waals surface area contributed by atoms with Crippen molar-refractivity contribution in [2.24, 2.45) is 0 Å². The molecule has 1 amide bonds. The third-order valence-corrected chi connectivity index (χ3v) is 3.07. The Hall–Kier alpha value is -2.50. The van der Waals surface area contributed by atoms with Crippen molar-refractivity contribution in [3.8, 4) is 0 Å². The lowest BCUT2D eigenvalue weighted by molar-refractivity contribution is 0.0528. The SMILES string of the molecule is CC(C)(C)OC(=O)NCCc1c(C(=O)O)[nH]c2ccccc12. The Morgan fingerprint density at radius 3 is 2.59 bits per heavy atom. The summed E-state index contributed by atoms with van der Waals surface area (Å²) in [6.07, 6.45) is -0.102. The van der Waals surface area contributed by atoms with Crippen molar-refractivity contribution in [1.82, 2.24) is 10.3 Å². The van der Waals surface area contributed by atoms with Crippen LogP contribution in [0.25, 0.3) is 10.9 Å². The number of alkyl carbamates (subject to hydrolysis) is 1. The molecule has 118 valence electrons. The van der Waals surface area contributed by atoms with Crippen LogP contribution in [0.5, 0.6) is 0 Å². The van der Waals surface area contributed by atoms with Crippen LogP contribution >= 0.6 is 0 Å². The number of nitrogens with one attached hydrogen (secondary N) is 2. The number of H-pyrrole nitrogens is 1. The molecule has 6 heteroatoms. The number of hydrogen-bond acceptors (Lipinski definition) is 3. The van der Waals surface area contributed by atoms with E-state index in [2.05, 4.69) is 10.3 Å². The number of benzene rings is 1. The molecule has 0 unspecified atom stereocenters. The number of fused-ring (bicyclic) bond motifs is 1. The van der Waals surface area contributed by atoms with Gasteiger partial charge in [0.25, 0.3) is 0 Å². The Balaban J connectivity index is 2.09. The van der Waals surface area contributed by atoms with Gasteiger partial charge in [-0.3, -0.25) is 0 Å². The van der Waals surface area contributed by atoms with Crippen LogP contribution in [0.4, 0.5) is 4.79 Å². The highest BCUT2D eigenvalue weighted by Crippen LogP contribution is 2.22. The van der Waals surface area contributed by atoms with Gasteiger partial charge in [-0.1, -0.05) is 18.2 Å². The van der Waals surface area contributed by atoms with E-state index in [1.165, 1.54) is 0 Å². The Morgan fingerprint density at radius 1 is 1.27 bits per heavy atom. The minimum absolute atomic E-state index is 0.159. The largest absolute Gasteiger partial charge is 0.477 e. The fourth-order valence-electron chi connectivity index (χ4n) is 2.25. The number of rotatable bonds is 4. The predicted octanol–water partition coefficient (Wildman–Crippen LogP) is 2.93. The maximum absolute atomic E-state index is 11.6. The molecule has 0 saturated carbocycles. The van der Waals surface area contributed by atoms with Crippen LogP contribution in [0.3, 0.4) is 0 Å². The monoisotopic (exact) mass is 304 g/mol. The van der Waals surface area contributed by atoms with Gasteiger partial charge in [-0.25, -0.2) is 9.59 Å². The van der Waals surface area contributed by atoms with Crippen LogP contribution in [-0.4, -0.2) is 34.3 Å². The molecule has 1 aromatic heterocycles. The van der Waals surface area contributed by atoms with Gasteiger partial charge in [-0.15, -0.1) is 0 Å². The minimum atomic E-state index is -1.01. The van der Waals surface area contributed by atoms with Crippen LogP contribution in [-0.2, 0) is 11.2 Å². The summed E-state index contributed by atoms with van der Waals surface area (Å²) in [5, 5.41) is 12.8. The molecule has 22 heavy (non-hydrogen) atoms. The number of carbonyl (C=O) groups is 2. The van der Waals surface area contributed by atoms with Crippen LogP contribution in [0.2, 0.25) is 0 Å². The molecular weight excluding hydrogens is 284 g/mol. The molecule has 1 heterocycles. The maximum Gasteiger partial charge on any atom is 0.407 e. The minimum Gasteiger partial charge on any atom is -0.477 e. The van der Waals surface area contributed by atoms with Gasteiger partial charge >= 0.3 is 12.1 Å². The van der Waals surface area contributed by atoms with Gasteiger partial charge in [-0.05, 0) is 38.8 Å². The number of aromatic carboxylic acids is 1. The summed E-state index contributed by atoms with van der Waals surface area (Å²) in [4.78, 5) is 25.8. The second kappa shape index (κ2) is 6.09. The Morgan fingerprint density at radius 2 is 1.95 bits per heavy atom. The standard InChI is InChI=1S/C16H20N2O4/c1-16(2,3)22-15(21)17-9-8-11-10-6-4-5-7-12(10)18-13(11)14(19)20/h4-7,18H,8-9H2,1-3H3,(H,17,21)(H,19,20). The number of amides is 1. The molecule has 1 aromatic carbocycles. The van der Waals surface area contributed by atoms with Gasteiger partial charge < -0.3 is 20.1 Å². The number of hydrogen-bond donors (Lipinski definition) is 3. The van der Waals surface area contributed by atoms with E-state index in [0.29, 0.717) is 18.5 Å². The van der Waals surface area contributed by atoms with E-state index in [1.807, 2.05) is 24.3 Å². The van der Waals surface area contributed by atoms with Gasteiger partial charge in [0.2, 0.25) is 0 Å². The molecule has 6 nitrogen and oxygen atoms in total. The van der Waals surface area contributed by atoms with E-state index in [9.17, 15) is 14.7 Å². The van der Waals surface area contributed by atoms with Gasteiger partial charge in [-0.2, -0.15) is 0 Å². The van der Waals surface area contributed by atoms with E-state index in [4.69, 9.17) is 4.74 Å². The quantitative estimate of drug-likeness (QED) is 0.810. The third kappa shape index (κ3) is 3.78. The summed E-state index contributed by atoms with van der Waals surface area (Å²) in [5.41, 5.74) is 1.05. The molecular formula is C16H20N2O4. The van der Waals surface area contributed by atoms with Crippen LogP contribution < -0.4 is 5.32 Å². The molecule has 0 atom stereocenters. The van der Waals surface area contributed by atoms with E-state index in [-0.39, 0.29) is 5.69 Å². The summed E-state index contributed by atoms with van der Waals surface area (Å²) in [6, 6.07) is 7.38. The van der Waals surface area contributed by atoms with E-state index >= 15 is 0 Å². The Bertz CT molecular complexity index is 698. The zero-order valence-electron chi connectivity index (χ0n) is 12.9. The summed E-state index contributed by atoms with van der Waals surface area (Å²) in [5.74, 6) is -1.01. The van der Waals surface area contributed by atoms with Crippen molar-refractivity contribution < 1.29 is 19.4 Å². The number of aromatic nitrogens is 1. The van der Waals surface area contributed by atoms with Crippen molar-refractivity contribution in [2.45, 2.75) is 32.8 Å².